The van der Waals surface area contributed by atoms with Crippen LogP contribution in [0.1, 0.15) is 11.1 Å². The summed E-state index contributed by atoms with van der Waals surface area (Å²) < 4.78 is 37.3. The number of nitrogens with zero attached hydrogens (tertiary/aromatic N) is 2. The Kier molecular flexibility index (Phi) is 4.85. The first kappa shape index (κ1) is 16.8. The van der Waals surface area contributed by atoms with Crippen LogP contribution in [0.3, 0.4) is 0 Å². The Hall–Kier alpha value is -2.61. The van der Waals surface area contributed by atoms with Gasteiger partial charge in [-0.25, -0.2) is 0 Å². The minimum Gasteiger partial charge on any atom is -0.279 e. The van der Waals surface area contributed by atoms with Crippen molar-refractivity contribution in [2.45, 2.75) is 6.18 Å². The summed E-state index contributed by atoms with van der Waals surface area (Å²) >= 11 is 5.89. The maximum atomic E-state index is 12.4. The monoisotopic (exact) mass is 343 g/mol. The van der Waals surface area contributed by atoms with Gasteiger partial charge < -0.3 is 0 Å². The highest BCUT2D eigenvalue weighted by molar-refractivity contribution is 6.33. The summed E-state index contributed by atoms with van der Waals surface area (Å²) in [6.07, 6.45) is -3.16. The summed E-state index contributed by atoms with van der Waals surface area (Å²) in [6.45, 7) is 0. The maximum Gasteiger partial charge on any atom is 0.416 e. The fraction of sp³-hybridized carbons (Fsp3) is 0.0714. The van der Waals surface area contributed by atoms with E-state index in [2.05, 4.69) is 10.5 Å². The fourth-order valence-corrected chi connectivity index (χ4v) is 1.82. The van der Waals surface area contributed by atoms with E-state index in [0.29, 0.717) is 11.3 Å². The van der Waals surface area contributed by atoms with Crippen molar-refractivity contribution in [2.75, 3.05) is 5.43 Å². The predicted octanol–water partition coefficient (Wildman–Crippen LogP) is 4.71. The van der Waals surface area contributed by atoms with E-state index in [1.807, 2.05) is 0 Å². The van der Waals surface area contributed by atoms with Crippen LogP contribution in [0.15, 0.2) is 47.6 Å². The van der Waals surface area contributed by atoms with Gasteiger partial charge in [0.15, 0.2) is 0 Å². The van der Waals surface area contributed by atoms with Gasteiger partial charge in [-0.1, -0.05) is 11.6 Å². The van der Waals surface area contributed by atoms with Crippen LogP contribution in [0.25, 0.3) is 0 Å². The van der Waals surface area contributed by atoms with Gasteiger partial charge in [-0.3, -0.25) is 15.5 Å². The van der Waals surface area contributed by atoms with Crippen molar-refractivity contribution < 1.29 is 18.1 Å². The molecule has 0 atom stereocenters. The predicted molar refractivity (Wildman–Crippen MR) is 80.8 cm³/mol. The first-order valence-electron chi connectivity index (χ1n) is 6.17. The average Bonchev–Trinajstić information content (AvgIpc) is 2.48. The summed E-state index contributed by atoms with van der Waals surface area (Å²) in [5.74, 6) is 0. The lowest BCUT2D eigenvalue weighted by molar-refractivity contribution is -0.384. The van der Waals surface area contributed by atoms with Crippen LogP contribution < -0.4 is 5.43 Å². The molecule has 2 aromatic rings. The highest BCUT2D eigenvalue weighted by Gasteiger charge is 2.29. The first-order valence-corrected chi connectivity index (χ1v) is 6.55. The minimum atomic E-state index is -4.40. The molecule has 0 heterocycles. The molecule has 0 amide bonds. The van der Waals surface area contributed by atoms with Gasteiger partial charge in [-0.2, -0.15) is 18.3 Å². The number of benzene rings is 2. The van der Waals surface area contributed by atoms with E-state index in [1.54, 1.807) is 0 Å². The van der Waals surface area contributed by atoms with E-state index < -0.39 is 16.7 Å². The van der Waals surface area contributed by atoms with Crippen LogP contribution in [-0.2, 0) is 6.18 Å². The zero-order valence-corrected chi connectivity index (χ0v) is 12.1. The highest BCUT2D eigenvalue weighted by atomic mass is 35.5. The van der Waals surface area contributed by atoms with E-state index in [-0.39, 0.29) is 10.7 Å². The SMILES string of the molecule is O=[N+]([O-])c1ccc(Cl)c(C=NNc2ccc(C(F)(F)F)cc2)c1. The van der Waals surface area contributed by atoms with E-state index in [9.17, 15) is 23.3 Å². The second kappa shape index (κ2) is 6.66. The van der Waals surface area contributed by atoms with Gasteiger partial charge in [-0.15, -0.1) is 0 Å². The third-order valence-corrected chi connectivity index (χ3v) is 3.14. The topological polar surface area (TPSA) is 67.5 Å². The lowest BCUT2D eigenvalue weighted by Gasteiger charge is -2.07. The van der Waals surface area contributed by atoms with Gasteiger partial charge in [0.05, 0.1) is 22.4 Å². The molecule has 0 bridgehead atoms. The molecule has 0 aliphatic heterocycles. The molecule has 23 heavy (non-hydrogen) atoms. The molecule has 0 aliphatic carbocycles. The Bertz CT molecular complexity index is 746. The lowest BCUT2D eigenvalue weighted by Crippen LogP contribution is -2.04. The third-order valence-electron chi connectivity index (χ3n) is 2.80. The number of halogens is 4. The molecule has 0 aliphatic rings. The van der Waals surface area contributed by atoms with E-state index in [4.69, 9.17) is 11.6 Å². The zero-order valence-electron chi connectivity index (χ0n) is 11.3. The fourth-order valence-electron chi connectivity index (χ4n) is 1.65. The molecule has 5 nitrogen and oxygen atoms in total. The van der Waals surface area contributed by atoms with Crippen LogP contribution in [0, 0.1) is 10.1 Å². The van der Waals surface area contributed by atoms with Gasteiger partial charge >= 0.3 is 6.18 Å². The number of anilines is 1. The summed E-state index contributed by atoms with van der Waals surface area (Å²) in [6, 6.07) is 8.11. The van der Waals surface area contributed by atoms with E-state index in [0.717, 1.165) is 12.1 Å². The Morgan fingerprint density at radius 3 is 2.39 bits per heavy atom. The third kappa shape index (κ3) is 4.43. The number of hydrazone groups is 1. The van der Waals surface area contributed by atoms with Crippen molar-refractivity contribution in [3.8, 4) is 0 Å². The van der Waals surface area contributed by atoms with Crippen molar-refractivity contribution in [1.82, 2.24) is 0 Å². The van der Waals surface area contributed by atoms with Gasteiger partial charge in [-0.05, 0) is 30.3 Å². The molecule has 120 valence electrons. The number of nitrogens with one attached hydrogen (secondary N) is 1. The Morgan fingerprint density at radius 1 is 1.17 bits per heavy atom. The average molecular weight is 344 g/mol. The lowest BCUT2D eigenvalue weighted by atomic mass is 10.2. The van der Waals surface area contributed by atoms with Crippen LogP contribution in [-0.4, -0.2) is 11.1 Å². The largest absolute Gasteiger partial charge is 0.416 e. The summed E-state index contributed by atoms with van der Waals surface area (Å²) in [5, 5.41) is 14.7. The number of hydrogen-bond donors (Lipinski definition) is 1. The highest BCUT2D eigenvalue weighted by Crippen LogP contribution is 2.29. The van der Waals surface area contributed by atoms with Crippen LogP contribution in [0.2, 0.25) is 5.02 Å². The molecule has 0 fully saturated rings. The number of hydrogen-bond acceptors (Lipinski definition) is 4. The van der Waals surface area contributed by atoms with Crippen LogP contribution in [0.5, 0.6) is 0 Å². The van der Waals surface area contributed by atoms with Crippen LogP contribution >= 0.6 is 11.6 Å². The number of non-ortho nitro benzene ring substituents is 1. The zero-order chi connectivity index (χ0) is 17.0. The quantitative estimate of drug-likeness (QED) is 0.496. The summed E-state index contributed by atoms with van der Waals surface area (Å²) in [5.41, 5.74) is 2.24. The Labute approximate surface area is 133 Å². The van der Waals surface area contributed by atoms with Crippen molar-refractivity contribution in [1.29, 1.82) is 0 Å². The van der Waals surface area contributed by atoms with Gasteiger partial charge in [0, 0.05) is 22.7 Å². The summed E-state index contributed by atoms with van der Waals surface area (Å²) in [4.78, 5) is 10.1. The molecule has 0 saturated carbocycles. The minimum absolute atomic E-state index is 0.148. The van der Waals surface area contributed by atoms with Gasteiger partial charge in [0.1, 0.15) is 0 Å². The first-order chi connectivity index (χ1) is 10.8. The summed E-state index contributed by atoms with van der Waals surface area (Å²) in [7, 11) is 0. The molecule has 9 heteroatoms. The number of nitro benzene ring substituents is 1. The number of nitro groups is 1. The second-order valence-electron chi connectivity index (χ2n) is 4.41. The molecule has 2 aromatic carbocycles. The molecule has 0 spiro atoms. The van der Waals surface area contributed by atoms with E-state index in [1.165, 1.54) is 36.5 Å². The van der Waals surface area contributed by atoms with Crippen molar-refractivity contribution in [2.24, 2.45) is 5.10 Å². The normalized spacial score (nSPS) is 11.7. The maximum absolute atomic E-state index is 12.4. The van der Waals surface area contributed by atoms with E-state index >= 15 is 0 Å². The van der Waals surface area contributed by atoms with Gasteiger partial charge in [0.2, 0.25) is 0 Å². The van der Waals surface area contributed by atoms with Gasteiger partial charge in [0.25, 0.3) is 5.69 Å². The smallest absolute Gasteiger partial charge is 0.279 e. The molecular formula is C14H9ClF3N3O2. The molecule has 0 aromatic heterocycles. The molecular weight excluding hydrogens is 335 g/mol. The molecule has 0 saturated heterocycles. The van der Waals surface area contributed by atoms with Crippen molar-refractivity contribution in [3.63, 3.8) is 0 Å². The Balaban J connectivity index is 2.10. The van der Waals surface area contributed by atoms with Crippen LogP contribution in [0.4, 0.5) is 24.5 Å². The molecule has 2 rings (SSSR count). The number of rotatable bonds is 4. The molecule has 1 N–H and O–H groups in total. The van der Waals surface area contributed by atoms with Crippen molar-refractivity contribution >= 4 is 29.2 Å². The van der Waals surface area contributed by atoms with Crippen molar-refractivity contribution in [3.05, 3.63) is 68.7 Å². The molecule has 0 unspecified atom stereocenters. The second-order valence-corrected chi connectivity index (χ2v) is 4.82. The Morgan fingerprint density at radius 2 is 1.83 bits per heavy atom. The molecule has 0 radical (unpaired) electrons. The standard InChI is InChI=1S/C14H9ClF3N3O2/c15-13-6-5-12(21(22)23)7-9(13)8-19-20-11-3-1-10(2-4-11)14(16,17)18/h1-8,20H. The number of alkyl halides is 3.